The van der Waals surface area contributed by atoms with E-state index in [9.17, 15) is 9.59 Å². The van der Waals surface area contributed by atoms with E-state index in [-0.39, 0.29) is 50.7 Å². The summed E-state index contributed by atoms with van der Waals surface area (Å²) in [6.07, 6.45) is 10.4. The first kappa shape index (κ1) is 26.1. The number of hydrogen-bond donors (Lipinski definition) is 1. The summed E-state index contributed by atoms with van der Waals surface area (Å²) in [6.45, 7) is 27.1. The second-order valence-electron chi connectivity index (χ2n) is 15.3. The monoisotopic (exact) mass is 492 g/mol. The minimum atomic E-state index is -0.564. The standard InChI is InChI=1S/C32H48N2O2/c1-10-34-32-15-13-27(2,3)18-20(32)25-22(35)17-24-29(6)19-21(33-9)26(36)28(4,5)23(29)11-12-30(24,7)31(25,8)14-16-32/h19-20,23-25,34H,10-18H2,1-8H3/t20-,23-,24+,25-,29-,30+,31+,32-/m0/s1. The molecular formula is C32H48N2O2. The summed E-state index contributed by atoms with van der Waals surface area (Å²) in [6, 6.07) is 0. The molecular weight excluding hydrogens is 444 g/mol. The Hall–Kier alpha value is -1.47. The summed E-state index contributed by atoms with van der Waals surface area (Å²) in [5.74, 6) is 1.27. The Morgan fingerprint density at radius 3 is 2.25 bits per heavy atom. The highest BCUT2D eigenvalue weighted by Gasteiger charge is 2.72. The van der Waals surface area contributed by atoms with E-state index < -0.39 is 5.41 Å². The second kappa shape index (κ2) is 7.78. The highest BCUT2D eigenvalue weighted by molar-refractivity contribution is 6.02. The van der Waals surface area contributed by atoms with E-state index in [1.165, 1.54) is 12.8 Å². The summed E-state index contributed by atoms with van der Waals surface area (Å²) < 4.78 is 0. The van der Waals surface area contributed by atoms with Crippen LogP contribution in [0.25, 0.3) is 4.85 Å². The van der Waals surface area contributed by atoms with Crippen LogP contribution in [-0.2, 0) is 9.59 Å². The molecule has 0 aromatic heterocycles. The molecule has 4 heteroatoms. The molecule has 198 valence electrons. The SMILES string of the molecule is [C-]#[N+]C1=C[C@]2(C)[C@H]3CC(=O)[C@@H]4[C@@H]5CC(C)(C)CC[C@]5(NCC)CC[C@@]4(C)[C@]3(C)CC[C@H]2C(C)(C)C1=O. The molecule has 4 fully saturated rings. The van der Waals surface area contributed by atoms with Crippen molar-refractivity contribution in [2.45, 2.75) is 112 Å². The zero-order chi connectivity index (χ0) is 26.5. The van der Waals surface area contributed by atoms with Gasteiger partial charge in [-0.3, -0.25) is 4.79 Å². The molecule has 0 aromatic rings. The van der Waals surface area contributed by atoms with Gasteiger partial charge in [0.1, 0.15) is 5.78 Å². The Bertz CT molecular complexity index is 1060. The number of allylic oxidation sites excluding steroid dienone is 2. The van der Waals surface area contributed by atoms with Gasteiger partial charge < -0.3 is 10.1 Å². The van der Waals surface area contributed by atoms with Crippen LogP contribution >= 0.6 is 0 Å². The van der Waals surface area contributed by atoms with Gasteiger partial charge in [0.15, 0.2) is 5.78 Å². The molecule has 0 spiro atoms. The third-order valence-corrected chi connectivity index (χ3v) is 13.0. The van der Waals surface area contributed by atoms with Crippen LogP contribution in [0.5, 0.6) is 0 Å². The van der Waals surface area contributed by atoms with Crippen LogP contribution in [0, 0.1) is 57.3 Å². The van der Waals surface area contributed by atoms with E-state index in [4.69, 9.17) is 6.57 Å². The number of ketones is 2. The Morgan fingerprint density at radius 1 is 0.944 bits per heavy atom. The summed E-state index contributed by atoms with van der Waals surface area (Å²) in [5, 5.41) is 3.94. The van der Waals surface area contributed by atoms with Crippen molar-refractivity contribution >= 4 is 11.6 Å². The average molecular weight is 493 g/mol. The highest BCUT2D eigenvalue weighted by Crippen LogP contribution is 2.74. The average Bonchev–Trinajstić information content (AvgIpc) is 2.79. The van der Waals surface area contributed by atoms with E-state index in [0.717, 1.165) is 38.6 Å². The number of carbonyl (C=O) groups is 2. The van der Waals surface area contributed by atoms with E-state index in [1.807, 2.05) is 19.9 Å². The molecule has 0 unspecified atom stereocenters. The molecule has 0 aromatic carbocycles. The molecule has 4 saturated carbocycles. The number of rotatable bonds is 2. The Kier molecular flexibility index (Phi) is 5.65. The van der Waals surface area contributed by atoms with Crippen molar-refractivity contribution < 1.29 is 9.59 Å². The quantitative estimate of drug-likeness (QED) is 0.422. The summed E-state index contributed by atoms with van der Waals surface area (Å²) in [7, 11) is 0. The maximum atomic E-state index is 14.5. The topological polar surface area (TPSA) is 50.5 Å². The maximum Gasteiger partial charge on any atom is 0.226 e. The Balaban J connectivity index is 1.63. The predicted octanol–water partition coefficient (Wildman–Crippen LogP) is 7.00. The first-order valence-corrected chi connectivity index (χ1v) is 14.5. The number of fused-ring (bicyclic) bond motifs is 7. The number of hydrogen-bond acceptors (Lipinski definition) is 3. The first-order chi connectivity index (χ1) is 16.6. The van der Waals surface area contributed by atoms with Crippen LogP contribution < -0.4 is 5.32 Å². The van der Waals surface area contributed by atoms with Gasteiger partial charge in [0.2, 0.25) is 5.70 Å². The van der Waals surface area contributed by atoms with Gasteiger partial charge in [-0.1, -0.05) is 61.5 Å². The van der Waals surface area contributed by atoms with Gasteiger partial charge in [-0.05, 0) is 90.9 Å². The number of Topliss-reactive ketones (excluding diaryl/α,β-unsaturated/α-hetero) is 2. The molecule has 5 aliphatic rings. The fraction of sp³-hybridized carbons (Fsp3) is 0.844. The van der Waals surface area contributed by atoms with Gasteiger partial charge >= 0.3 is 0 Å². The lowest BCUT2D eigenvalue weighted by atomic mass is 9.32. The van der Waals surface area contributed by atoms with E-state index in [0.29, 0.717) is 23.8 Å². The second-order valence-corrected chi connectivity index (χ2v) is 15.3. The van der Waals surface area contributed by atoms with Crippen molar-refractivity contribution in [2.75, 3.05) is 6.54 Å². The van der Waals surface area contributed by atoms with E-state index in [2.05, 4.69) is 51.7 Å². The minimum Gasteiger partial charge on any atom is -0.311 e. The van der Waals surface area contributed by atoms with Crippen molar-refractivity contribution in [1.29, 1.82) is 0 Å². The molecule has 5 rings (SSSR count). The lowest BCUT2D eigenvalue weighted by Crippen LogP contribution is -2.71. The fourth-order valence-corrected chi connectivity index (χ4v) is 10.9. The van der Waals surface area contributed by atoms with Gasteiger partial charge in [-0.2, -0.15) is 0 Å². The molecule has 0 amide bonds. The van der Waals surface area contributed by atoms with Crippen molar-refractivity contribution in [3.8, 4) is 0 Å². The van der Waals surface area contributed by atoms with Gasteiger partial charge in [0.05, 0.1) is 6.57 Å². The summed E-state index contributed by atoms with van der Waals surface area (Å²) in [5.41, 5.74) is -0.268. The minimum absolute atomic E-state index is 0.00710. The molecule has 0 radical (unpaired) electrons. The van der Waals surface area contributed by atoms with Crippen LogP contribution in [0.1, 0.15) is 107 Å². The van der Waals surface area contributed by atoms with Gasteiger partial charge in [-0.25, -0.2) is 4.85 Å². The van der Waals surface area contributed by atoms with Crippen LogP contribution in [0.3, 0.4) is 0 Å². The molecule has 1 N–H and O–H groups in total. The molecule has 0 bridgehead atoms. The van der Waals surface area contributed by atoms with Gasteiger partial charge in [0, 0.05) is 23.3 Å². The first-order valence-electron chi connectivity index (χ1n) is 14.5. The van der Waals surface area contributed by atoms with Crippen LogP contribution in [0.4, 0.5) is 0 Å². The van der Waals surface area contributed by atoms with E-state index in [1.54, 1.807) is 0 Å². The lowest BCUT2D eigenvalue weighted by molar-refractivity contribution is -0.215. The van der Waals surface area contributed by atoms with Gasteiger partial charge in [-0.15, -0.1) is 0 Å². The zero-order valence-corrected chi connectivity index (χ0v) is 24.0. The largest absolute Gasteiger partial charge is 0.311 e. The number of carbonyl (C=O) groups excluding carboxylic acids is 2. The summed E-state index contributed by atoms with van der Waals surface area (Å²) >= 11 is 0. The smallest absolute Gasteiger partial charge is 0.226 e. The van der Waals surface area contributed by atoms with Crippen LogP contribution in [-0.4, -0.2) is 23.7 Å². The predicted molar refractivity (Wildman–Crippen MR) is 144 cm³/mol. The number of nitrogens with zero attached hydrogens (tertiary/aromatic N) is 1. The Morgan fingerprint density at radius 2 is 1.61 bits per heavy atom. The van der Waals surface area contributed by atoms with Crippen LogP contribution in [0.2, 0.25) is 0 Å². The third kappa shape index (κ3) is 3.14. The zero-order valence-electron chi connectivity index (χ0n) is 24.0. The van der Waals surface area contributed by atoms with Crippen molar-refractivity contribution in [3.05, 3.63) is 23.2 Å². The fourth-order valence-electron chi connectivity index (χ4n) is 10.9. The molecule has 5 aliphatic carbocycles. The third-order valence-electron chi connectivity index (χ3n) is 13.0. The van der Waals surface area contributed by atoms with Crippen molar-refractivity contribution in [1.82, 2.24) is 5.32 Å². The normalized spacial score (nSPS) is 49.0. The Labute approximate surface area is 219 Å². The van der Waals surface area contributed by atoms with Crippen molar-refractivity contribution in [3.63, 3.8) is 0 Å². The lowest BCUT2D eigenvalue weighted by Gasteiger charge is -2.72. The molecule has 36 heavy (non-hydrogen) atoms. The molecule has 0 heterocycles. The molecule has 4 nitrogen and oxygen atoms in total. The maximum absolute atomic E-state index is 14.5. The molecule has 8 atom stereocenters. The molecule has 0 aliphatic heterocycles. The number of nitrogens with one attached hydrogen (secondary N) is 1. The molecule has 0 saturated heterocycles. The summed E-state index contributed by atoms with van der Waals surface area (Å²) in [4.78, 5) is 31.4. The van der Waals surface area contributed by atoms with E-state index >= 15 is 0 Å². The van der Waals surface area contributed by atoms with Crippen molar-refractivity contribution in [2.24, 2.45) is 50.7 Å². The van der Waals surface area contributed by atoms with Crippen LogP contribution in [0.15, 0.2) is 11.8 Å². The van der Waals surface area contributed by atoms with Gasteiger partial charge in [0.25, 0.3) is 0 Å². The highest BCUT2D eigenvalue weighted by atomic mass is 16.1.